The molecule has 3 heteroatoms. The highest BCUT2D eigenvalue weighted by molar-refractivity contribution is 5.97. The molecular formula is C16H22N2O. The average molecular weight is 258 g/mol. The second kappa shape index (κ2) is 6.38. The SMILES string of the molecule is CCC(C#N)(CC)C(=O)Nc1cccc(C(C)C)c1. The highest BCUT2D eigenvalue weighted by Crippen LogP contribution is 2.28. The largest absolute Gasteiger partial charge is 0.325 e. The Balaban J connectivity index is 2.94. The van der Waals surface area contributed by atoms with E-state index in [2.05, 4.69) is 25.2 Å². The normalized spacial score (nSPS) is 11.2. The minimum atomic E-state index is -0.923. The number of nitrogens with one attached hydrogen (secondary N) is 1. The number of carbonyl (C=O) groups is 1. The van der Waals surface area contributed by atoms with Gasteiger partial charge in [0.2, 0.25) is 5.91 Å². The Hall–Kier alpha value is -1.82. The lowest BCUT2D eigenvalue weighted by Gasteiger charge is -2.22. The minimum Gasteiger partial charge on any atom is -0.325 e. The Bertz CT molecular complexity index is 482. The molecule has 0 aromatic heterocycles. The van der Waals surface area contributed by atoms with Crippen molar-refractivity contribution in [2.24, 2.45) is 5.41 Å². The molecule has 1 N–H and O–H groups in total. The molecule has 0 aliphatic carbocycles. The van der Waals surface area contributed by atoms with Crippen LogP contribution in [0, 0.1) is 16.7 Å². The molecule has 0 radical (unpaired) electrons. The van der Waals surface area contributed by atoms with Crippen molar-refractivity contribution in [3.8, 4) is 6.07 Å². The number of nitriles is 1. The van der Waals surface area contributed by atoms with E-state index < -0.39 is 5.41 Å². The standard InChI is InChI=1S/C16H22N2O/c1-5-16(6-2,11-17)15(19)18-14-9-7-8-13(10-14)12(3)4/h7-10,12H,5-6H2,1-4H3,(H,18,19). The van der Waals surface area contributed by atoms with Crippen LogP contribution in [0.15, 0.2) is 24.3 Å². The third-order valence-electron chi connectivity index (χ3n) is 3.67. The number of amides is 1. The Labute approximate surface area is 115 Å². The maximum absolute atomic E-state index is 12.3. The Kier molecular flexibility index (Phi) is 5.11. The summed E-state index contributed by atoms with van der Waals surface area (Å²) in [5.41, 5.74) is 1.01. The number of nitrogens with zero attached hydrogens (tertiary/aromatic N) is 1. The molecule has 3 nitrogen and oxygen atoms in total. The molecule has 1 aromatic rings. The third kappa shape index (κ3) is 3.35. The summed E-state index contributed by atoms with van der Waals surface area (Å²) in [6.07, 6.45) is 1.05. The number of benzene rings is 1. The molecule has 1 rings (SSSR count). The lowest BCUT2D eigenvalue weighted by atomic mass is 9.83. The maximum atomic E-state index is 12.3. The van der Waals surface area contributed by atoms with Gasteiger partial charge in [0.05, 0.1) is 6.07 Å². The molecule has 19 heavy (non-hydrogen) atoms. The van der Waals surface area contributed by atoms with E-state index in [1.54, 1.807) is 0 Å². The zero-order valence-corrected chi connectivity index (χ0v) is 12.2. The average Bonchev–Trinajstić information content (AvgIpc) is 2.41. The van der Waals surface area contributed by atoms with Crippen LogP contribution in [0.4, 0.5) is 5.69 Å². The van der Waals surface area contributed by atoms with Crippen molar-refractivity contribution in [3.63, 3.8) is 0 Å². The molecule has 0 saturated carbocycles. The number of hydrogen-bond acceptors (Lipinski definition) is 2. The lowest BCUT2D eigenvalue weighted by molar-refractivity contribution is -0.123. The molecular weight excluding hydrogens is 236 g/mol. The second-order valence-corrected chi connectivity index (χ2v) is 5.14. The summed E-state index contributed by atoms with van der Waals surface area (Å²) in [4.78, 5) is 12.3. The van der Waals surface area contributed by atoms with Crippen LogP contribution in [0.3, 0.4) is 0 Å². The topological polar surface area (TPSA) is 52.9 Å². The minimum absolute atomic E-state index is 0.207. The quantitative estimate of drug-likeness (QED) is 0.865. The van der Waals surface area contributed by atoms with Crippen molar-refractivity contribution in [1.29, 1.82) is 5.26 Å². The van der Waals surface area contributed by atoms with E-state index in [1.807, 2.05) is 38.1 Å². The van der Waals surface area contributed by atoms with Gasteiger partial charge in [-0.25, -0.2) is 0 Å². The predicted molar refractivity (Wildman–Crippen MR) is 77.8 cm³/mol. The molecule has 0 unspecified atom stereocenters. The zero-order chi connectivity index (χ0) is 14.5. The smallest absolute Gasteiger partial charge is 0.244 e. The van der Waals surface area contributed by atoms with Crippen LogP contribution in [0.2, 0.25) is 0 Å². The monoisotopic (exact) mass is 258 g/mol. The van der Waals surface area contributed by atoms with E-state index in [9.17, 15) is 10.1 Å². The van der Waals surface area contributed by atoms with Crippen LogP contribution in [0.5, 0.6) is 0 Å². The first-order valence-electron chi connectivity index (χ1n) is 6.81. The first kappa shape index (κ1) is 15.2. The predicted octanol–water partition coefficient (Wildman–Crippen LogP) is 4.08. The van der Waals surface area contributed by atoms with E-state index in [-0.39, 0.29) is 5.91 Å². The van der Waals surface area contributed by atoms with Crippen molar-refractivity contribution in [2.45, 2.75) is 46.5 Å². The van der Waals surface area contributed by atoms with Gasteiger partial charge in [-0.1, -0.05) is 39.8 Å². The van der Waals surface area contributed by atoms with Crippen LogP contribution in [-0.4, -0.2) is 5.91 Å². The van der Waals surface area contributed by atoms with Crippen LogP contribution >= 0.6 is 0 Å². The molecule has 0 fully saturated rings. The molecule has 0 saturated heterocycles. The van der Waals surface area contributed by atoms with E-state index in [4.69, 9.17) is 0 Å². The summed E-state index contributed by atoms with van der Waals surface area (Å²) in [7, 11) is 0. The number of rotatable bonds is 5. The van der Waals surface area contributed by atoms with E-state index in [0.29, 0.717) is 18.8 Å². The van der Waals surface area contributed by atoms with Gasteiger partial charge < -0.3 is 5.32 Å². The van der Waals surface area contributed by atoms with Gasteiger partial charge in [0.25, 0.3) is 0 Å². The lowest BCUT2D eigenvalue weighted by Crippen LogP contribution is -2.33. The molecule has 1 aromatic carbocycles. The second-order valence-electron chi connectivity index (χ2n) is 5.14. The van der Waals surface area contributed by atoms with Crippen LogP contribution in [-0.2, 0) is 4.79 Å². The van der Waals surface area contributed by atoms with Crippen molar-refractivity contribution in [3.05, 3.63) is 29.8 Å². The Morgan fingerprint density at radius 2 is 2.00 bits per heavy atom. The molecule has 1 amide bonds. The highest BCUT2D eigenvalue weighted by atomic mass is 16.2. The number of carbonyl (C=O) groups excluding carboxylic acids is 1. The van der Waals surface area contributed by atoms with Gasteiger partial charge in [-0.15, -0.1) is 0 Å². The van der Waals surface area contributed by atoms with E-state index in [0.717, 1.165) is 5.69 Å². The van der Waals surface area contributed by atoms with Crippen molar-refractivity contribution < 1.29 is 4.79 Å². The fourth-order valence-corrected chi connectivity index (χ4v) is 2.01. The maximum Gasteiger partial charge on any atom is 0.244 e. The Morgan fingerprint density at radius 3 is 2.47 bits per heavy atom. The first-order chi connectivity index (χ1) is 8.99. The molecule has 0 bridgehead atoms. The number of anilines is 1. The van der Waals surface area contributed by atoms with Gasteiger partial charge in [0, 0.05) is 5.69 Å². The van der Waals surface area contributed by atoms with Gasteiger partial charge in [-0.3, -0.25) is 4.79 Å². The summed E-state index contributed by atoms with van der Waals surface area (Å²) in [6, 6.07) is 9.95. The summed E-state index contributed by atoms with van der Waals surface area (Å²) in [6.45, 7) is 7.96. The number of hydrogen-bond donors (Lipinski definition) is 1. The van der Waals surface area contributed by atoms with E-state index in [1.165, 1.54) is 5.56 Å². The molecule has 102 valence electrons. The summed E-state index contributed by atoms with van der Waals surface area (Å²) in [5, 5.41) is 12.1. The molecule has 0 atom stereocenters. The van der Waals surface area contributed by atoms with Crippen molar-refractivity contribution in [1.82, 2.24) is 0 Å². The highest BCUT2D eigenvalue weighted by Gasteiger charge is 2.34. The van der Waals surface area contributed by atoms with Crippen LogP contribution in [0.25, 0.3) is 0 Å². The molecule has 0 heterocycles. The third-order valence-corrected chi connectivity index (χ3v) is 3.67. The molecule has 0 spiro atoms. The van der Waals surface area contributed by atoms with E-state index >= 15 is 0 Å². The van der Waals surface area contributed by atoms with Gasteiger partial charge >= 0.3 is 0 Å². The van der Waals surface area contributed by atoms with Gasteiger partial charge in [-0.2, -0.15) is 5.26 Å². The van der Waals surface area contributed by atoms with Gasteiger partial charge in [0.15, 0.2) is 0 Å². The Morgan fingerprint density at radius 1 is 1.37 bits per heavy atom. The first-order valence-corrected chi connectivity index (χ1v) is 6.81. The summed E-state index contributed by atoms with van der Waals surface area (Å²) >= 11 is 0. The summed E-state index contributed by atoms with van der Waals surface area (Å²) in [5.74, 6) is 0.204. The van der Waals surface area contributed by atoms with Gasteiger partial charge in [-0.05, 0) is 36.5 Å². The summed E-state index contributed by atoms with van der Waals surface area (Å²) < 4.78 is 0. The molecule has 0 aliphatic heterocycles. The van der Waals surface area contributed by atoms with Crippen molar-refractivity contribution >= 4 is 11.6 Å². The van der Waals surface area contributed by atoms with Crippen LogP contribution in [0.1, 0.15) is 52.0 Å². The van der Waals surface area contributed by atoms with Crippen molar-refractivity contribution in [2.75, 3.05) is 5.32 Å². The zero-order valence-electron chi connectivity index (χ0n) is 12.2. The van der Waals surface area contributed by atoms with Crippen LogP contribution < -0.4 is 5.32 Å². The fraction of sp³-hybridized carbons (Fsp3) is 0.500. The fourth-order valence-electron chi connectivity index (χ4n) is 2.01. The van der Waals surface area contributed by atoms with Gasteiger partial charge in [0.1, 0.15) is 5.41 Å². The molecule has 0 aliphatic rings.